The lowest BCUT2D eigenvalue weighted by molar-refractivity contribution is 0.0780. The van der Waals surface area contributed by atoms with E-state index >= 15 is 0 Å². The molecule has 1 aromatic heterocycles. The lowest BCUT2D eigenvalue weighted by Gasteiger charge is -2.37. The number of hydrogen-bond donors (Lipinski definition) is 1. The number of rotatable bonds is 4. The van der Waals surface area contributed by atoms with Gasteiger partial charge in [-0.2, -0.15) is 0 Å². The Bertz CT molecular complexity index is 1140. The summed E-state index contributed by atoms with van der Waals surface area (Å²) < 4.78 is 0. The van der Waals surface area contributed by atoms with Gasteiger partial charge in [-0.15, -0.1) is 0 Å². The highest BCUT2D eigenvalue weighted by Gasteiger charge is 2.36. The van der Waals surface area contributed by atoms with Crippen molar-refractivity contribution in [3.8, 4) is 0 Å². The molecule has 2 saturated heterocycles. The van der Waals surface area contributed by atoms with Crippen molar-refractivity contribution in [1.29, 1.82) is 0 Å². The molecule has 5 nitrogen and oxygen atoms in total. The van der Waals surface area contributed by atoms with Gasteiger partial charge in [0.2, 0.25) is 0 Å². The van der Waals surface area contributed by atoms with Crippen LogP contribution in [-0.2, 0) is 13.0 Å². The van der Waals surface area contributed by atoms with E-state index in [9.17, 15) is 4.79 Å². The summed E-state index contributed by atoms with van der Waals surface area (Å²) in [6.45, 7) is 4.62. The van der Waals surface area contributed by atoms with Crippen LogP contribution in [0.2, 0.25) is 0 Å². The first kappa shape index (κ1) is 18.8. The Morgan fingerprint density at radius 1 is 1.03 bits per heavy atom. The van der Waals surface area contributed by atoms with E-state index in [1.165, 1.54) is 18.4 Å². The molecule has 1 N–H and O–H groups in total. The zero-order valence-corrected chi connectivity index (χ0v) is 17.8. The number of anilines is 1. The minimum atomic E-state index is 0.179. The Morgan fingerprint density at radius 2 is 1.97 bits per heavy atom. The number of fused-ring (bicyclic) bond motifs is 3. The third-order valence-electron chi connectivity index (χ3n) is 7.28. The fourth-order valence-corrected chi connectivity index (χ4v) is 5.61. The SMILES string of the molecule is O=C1c2c(cccc2N2CC[C@@H]3NCC[C@@H]3C2)CN1CCc1ccc2ccccc2n1. The molecule has 2 fully saturated rings. The molecule has 3 aliphatic rings. The predicted octanol–water partition coefficient (Wildman–Crippen LogP) is 3.62. The average Bonchev–Trinajstić information content (AvgIpc) is 3.41. The van der Waals surface area contributed by atoms with E-state index in [1.54, 1.807) is 0 Å². The van der Waals surface area contributed by atoms with Crippen LogP contribution in [0.3, 0.4) is 0 Å². The van der Waals surface area contributed by atoms with E-state index in [1.807, 2.05) is 23.1 Å². The van der Waals surface area contributed by atoms with Crippen LogP contribution < -0.4 is 10.2 Å². The lowest BCUT2D eigenvalue weighted by Crippen LogP contribution is -2.45. The van der Waals surface area contributed by atoms with Gasteiger partial charge >= 0.3 is 0 Å². The van der Waals surface area contributed by atoms with Gasteiger partial charge in [-0.3, -0.25) is 9.78 Å². The normalized spacial score (nSPS) is 22.8. The number of carbonyl (C=O) groups is 1. The molecule has 3 aliphatic heterocycles. The second kappa shape index (κ2) is 7.65. The summed E-state index contributed by atoms with van der Waals surface area (Å²) in [5.74, 6) is 0.884. The monoisotopic (exact) mass is 412 g/mol. The molecule has 2 aromatic carbocycles. The summed E-state index contributed by atoms with van der Waals surface area (Å²) in [7, 11) is 0. The standard InChI is InChI=1S/C26H28N4O/c31-26-25-20(5-3-7-24(25)29-15-12-22-19(16-29)10-13-27-22)17-30(26)14-11-21-9-8-18-4-1-2-6-23(18)28-21/h1-9,19,22,27H,10-17H2/t19-,22+/m1/s1. The molecule has 158 valence electrons. The first-order valence-corrected chi connectivity index (χ1v) is 11.5. The maximum absolute atomic E-state index is 13.4. The lowest BCUT2D eigenvalue weighted by atomic mass is 9.92. The maximum atomic E-state index is 13.4. The predicted molar refractivity (Wildman–Crippen MR) is 123 cm³/mol. The fraction of sp³-hybridized carbons (Fsp3) is 0.385. The van der Waals surface area contributed by atoms with E-state index in [4.69, 9.17) is 4.98 Å². The summed E-state index contributed by atoms with van der Waals surface area (Å²) in [4.78, 5) is 22.6. The van der Waals surface area contributed by atoms with Gasteiger partial charge in [-0.25, -0.2) is 0 Å². The number of nitrogens with zero attached hydrogens (tertiary/aromatic N) is 3. The zero-order valence-electron chi connectivity index (χ0n) is 17.8. The molecule has 3 aromatic rings. The van der Waals surface area contributed by atoms with Crippen LogP contribution in [0.25, 0.3) is 10.9 Å². The fourth-order valence-electron chi connectivity index (χ4n) is 5.61. The van der Waals surface area contributed by atoms with Crippen molar-refractivity contribution in [2.75, 3.05) is 31.1 Å². The molecule has 0 spiro atoms. The molecule has 31 heavy (non-hydrogen) atoms. The van der Waals surface area contributed by atoms with Gasteiger partial charge in [0.05, 0.1) is 11.1 Å². The highest BCUT2D eigenvalue weighted by Crippen LogP contribution is 2.35. The Balaban J connectivity index is 1.19. The Morgan fingerprint density at radius 3 is 2.94 bits per heavy atom. The van der Waals surface area contributed by atoms with Gasteiger partial charge < -0.3 is 15.1 Å². The summed E-state index contributed by atoms with van der Waals surface area (Å²) in [5.41, 5.74) is 5.29. The molecule has 4 heterocycles. The number of carbonyl (C=O) groups excluding carboxylic acids is 1. The van der Waals surface area contributed by atoms with Crippen LogP contribution in [0.15, 0.2) is 54.6 Å². The van der Waals surface area contributed by atoms with Gasteiger partial charge in [0.25, 0.3) is 5.91 Å². The van der Waals surface area contributed by atoms with Gasteiger partial charge in [0.1, 0.15) is 0 Å². The minimum absolute atomic E-state index is 0.179. The molecule has 5 heteroatoms. The topological polar surface area (TPSA) is 48.5 Å². The number of hydrogen-bond acceptors (Lipinski definition) is 4. The molecule has 2 atom stereocenters. The Kier molecular flexibility index (Phi) is 4.64. The van der Waals surface area contributed by atoms with E-state index in [2.05, 4.69) is 46.6 Å². The molecule has 0 unspecified atom stereocenters. The zero-order chi connectivity index (χ0) is 20.8. The molecular formula is C26H28N4O. The van der Waals surface area contributed by atoms with Crippen molar-refractivity contribution in [3.05, 3.63) is 71.4 Å². The van der Waals surface area contributed by atoms with Gasteiger partial charge in [-0.1, -0.05) is 36.4 Å². The summed E-state index contributed by atoms with van der Waals surface area (Å²) in [6.07, 6.45) is 3.19. The van der Waals surface area contributed by atoms with Crippen LogP contribution in [0.4, 0.5) is 5.69 Å². The number of amides is 1. The molecule has 1 amide bonds. The summed E-state index contributed by atoms with van der Waals surface area (Å²) in [5, 5.41) is 4.79. The molecule has 0 saturated carbocycles. The van der Waals surface area contributed by atoms with E-state index in [0.29, 0.717) is 25.0 Å². The number of benzene rings is 2. The summed E-state index contributed by atoms with van der Waals surface area (Å²) in [6, 6.07) is 19.4. The van der Waals surface area contributed by atoms with Crippen molar-refractivity contribution >= 4 is 22.5 Å². The number of nitrogens with one attached hydrogen (secondary N) is 1. The average molecular weight is 413 g/mol. The highest BCUT2D eigenvalue weighted by atomic mass is 16.2. The molecule has 6 rings (SSSR count). The number of piperidine rings is 1. The molecule has 0 radical (unpaired) electrons. The Hall–Kier alpha value is -2.92. The quantitative estimate of drug-likeness (QED) is 0.711. The number of para-hydroxylation sites is 1. The van der Waals surface area contributed by atoms with Crippen molar-refractivity contribution in [2.45, 2.75) is 31.8 Å². The second-order valence-electron chi connectivity index (χ2n) is 9.13. The van der Waals surface area contributed by atoms with E-state index in [0.717, 1.165) is 53.9 Å². The van der Waals surface area contributed by atoms with Crippen LogP contribution in [-0.4, -0.2) is 48.0 Å². The highest BCUT2D eigenvalue weighted by molar-refractivity contribution is 6.03. The van der Waals surface area contributed by atoms with Crippen LogP contribution in [0.5, 0.6) is 0 Å². The van der Waals surface area contributed by atoms with E-state index < -0.39 is 0 Å². The molecular weight excluding hydrogens is 384 g/mol. The van der Waals surface area contributed by atoms with Gasteiger partial charge in [-0.05, 0) is 49.1 Å². The minimum Gasteiger partial charge on any atom is -0.370 e. The van der Waals surface area contributed by atoms with Crippen LogP contribution >= 0.6 is 0 Å². The van der Waals surface area contributed by atoms with Crippen molar-refractivity contribution in [3.63, 3.8) is 0 Å². The molecule has 0 bridgehead atoms. The number of pyridine rings is 1. The maximum Gasteiger partial charge on any atom is 0.256 e. The number of aromatic nitrogens is 1. The van der Waals surface area contributed by atoms with Crippen molar-refractivity contribution in [1.82, 2.24) is 15.2 Å². The van der Waals surface area contributed by atoms with Gasteiger partial charge in [0.15, 0.2) is 0 Å². The third kappa shape index (κ3) is 3.37. The van der Waals surface area contributed by atoms with E-state index in [-0.39, 0.29) is 5.91 Å². The largest absolute Gasteiger partial charge is 0.370 e. The first-order valence-electron chi connectivity index (χ1n) is 11.5. The van der Waals surface area contributed by atoms with Crippen molar-refractivity contribution in [2.24, 2.45) is 5.92 Å². The van der Waals surface area contributed by atoms with Gasteiger partial charge in [0, 0.05) is 55.4 Å². The van der Waals surface area contributed by atoms with Crippen LogP contribution in [0, 0.1) is 5.92 Å². The Labute approximate surface area is 183 Å². The third-order valence-corrected chi connectivity index (χ3v) is 7.28. The molecule has 0 aliphatic carbocycles. The van der Waals surface area contributed by atoms with Crippen molar-refractivity contribution < 1.29 is 4.79 Å². The van der Waals surface area contributed by atoms with Crippen LogP contribution in [0.1, 0.15) is 34.5 Å². The second-order valence-corrected chi connectivity index (χ2v) is 9.13. The first-order chi connectivity index (χ1) is 15.3. The smallest absolute Gasteiger partial charge is 0.256 e. The summed E-state index contributed by atoms with van der Waals surface area (Å²) >= 11 is 0.